The summed E-state index contributed by atoms with van der Waals surface area (Å²) in [4.78, 5) is 160. The second-order valence-corrected chi connectivity index (χ2v) is 20.7. The molecule has 4 N–H and O–H groups in total. The van der Waals surface area contributed by atoms with E-state index in [1.165, 1.54) is 54.4 Å². The van der Waals surface area contributed by atoms with Crippen molar-refractivity contribution in [3.05, 3.63) is 72.3 Å². The largest absolute Gasteiger partial charge is 0.345 e. The zero-order valence-electron chi connectivity index (χ0n) is 38.8. The van der Waals surface area contributed by atoms with Crippen LogP contribution in [0.25, 0.3) is 22.1 Å². The number of benzene rings is 2. The molecule has 4 heterocycles. The summed E-state index contributed by atoms with van der Waals surface area (Å²) in [6.45, 7) is 1.62. The summed E-state index contributed by atoms with van der Waals surface area (Å²) in [6, 6.07) is 6.01. The number of hydrogen-bond donors (Lipinski definition) is 4. The molecule has 8 amide bonds. The van der Waals surface area contributed by atoms with Gasteiger partial charge in [0.15, 0.2) is 0 Å². The second kappa shape index (κ2) is 24.0. The molecule has 6 atom stereocenters. The molecule has 70 heavy (non-hydrogen) atoms. The molecule has 0 spiro atoms. The van der Waals surface area contributed by atoms with E-state index in [4.69, 9.17) is 0 Å². The average molecular weight is 1040 g/mol. The number of fused-ring (bicyclic) bond motifs is 7. The number of carbonyl (C=O) groups is 10. The first-order chi connectivity index (χ1) is 33.4. The van der Waals surface area contributed by atoms with Crippen LogP contribution in [0.1, 0.15) is 37.7 Å². The number of nitrogens with zero attached hydrogens (tertiary/aromatic N) is 8. The highest BCUT2D eigenvalue weighted by Crippen LogP contribution is 2.28. The number of nitrogens with one attached hydrogen (secondary N) is 4. The van der Waals surface area contributed by atoms with Crippen molar-refractivity contribution in [1.82, 2.24) is 60.8 Å². The van der Waals surface area contributed by atoms with Gasteiger partial charge in [0.2, 0.25) is 45.7 Å². The molecule has 2 aromatic carbocycles. The Hall–Kier alpha value is -6.38. The summed E-state index contributed by atoms with van der Waals surface area (Å²) in [5.41, 5.74) is 1.61. The molecular weight excluding hydrogens is 985 g/mol. The molecule has 2 aromatic heterocycles. The minimum absolute atomic E-state index is 0. The quantitative estimate of drug-likeness (QED) is 0.202. The van der Waals surface area contributed by atoms with Crippen molar-refractivity contribution >= 4 is 125 Å². The number of hydrogen-bond acceptors (Lipinski definition) is 18. The van der Waals surface area contributed by atoms with Crippen LogP contribution in [0.2, 0.25) is 0 Å². The lowest BCUT2D eigenvalue weighted by Crippen LogP contribution is -2.56. The monoisotopic (exact) mass is 1040 g/mol. The SMILES string of the molecule is C[C@H]1C(=O)SC[C@@H](NC(=O)c2cnc3ccccc3n2)C(=O)NCC(=O)N(C)[C@H]2CSSC[C@@H](C(=O)N1C)N(C)C(=O)CNC(=O)[C@H](NC(=O)c1cnc3ccccc3n1)CSC(=O)[C@H](C)N(C)C2=O.[2HH].[2HH]. The Morgan fingerprint density at radius 3 is 1.29 bits per heavy atom. The van der Waals surface area contributed by atoms with Crippen LogP contribution in [0, 0.1) is 0 Å². The van der Waals surface area contributed by atoms with E-state index in [0.29, 0.717) is 45.6 Å². The fourth-order valence-electron chi connectivity index (χ4n) is 6.80. The first-order valence-electron chi connectivity index (χ1n) is 21.6. The minimum atomic E-state index is -1.43. The van der Waals surface area contributed by atoms with Crippen molar-refractivity contribution in [3.63, 3.8) is 0 Å². The summed E-state index contributed by atoms with van der Waals surface area (Å²) in [5.74, 6) is -7.00. The van der Waals surface area contributed by atoms with Gasteiger partial charge in [0.25, 0.3) is 11.8 Å². The molecule has 2 bridgehead atoms. The number of para-hydroxylation sites is 4. The van der Waals surface area contributed by atoms with Crippen molar-refractivity contribution in [3.8, 4) is 0 Å². The van der Waals surface area contributed by atoms with Gasteiger partial charge in [-0.05, 0) is 38.1 Å². The third kappa shape index (κ3) is 12.9. The molecule has 374 valence electrons. The number of carbonyl (C=O) groups excluding carboxylic acids is 10. The van der Waals surface area contributed by atoms with Crippen molar-refractivity contribution in [1.29, 1.82) is 0 Å². The van der Waals surface area contributed by atoms with E-state index in [1.54, 1.807) is 48.5 Å². The Morgan fingerprint density at radius 2 is 0.914 bits per heavy atom. The van der Waals surface area contributed by atoms with Crippen LogP contribution < -0.4 is 21.3 Å². The van der Waals surface area contributed by atoms with Crippen LogP contribution in [0.5, 0.6) is 0 Å². The maximum Gasteiger partial charge on any atom is 0.272 e. The summed E-state index contributed by atoms with van der Waals surface area (Å²) in [5, 5.41) is 9.01. The van der Waals surface area contributed by atoms with E-state index in [1.807, 2.05) is 0 Å². The first kappa shape index (κ1) is 53.0. The normalized spacial score (nSPS) is 23.7. The van der Waals surface area contributed by atoms with E-state index in [9.17, 15) is 47.9 Å². The van der Waals surface area contributed by atoms with Gasteiger partial charge < -0.3 is 40.9 Å². The first-order valence-corrected chi connectivity index (χ1v) is 26.0. The van der Waals surface area contributed by atoms with Crippen molar-refractivity contribution in [2.45, 2.75) is 50.1 Å². The summed E-state index contributed by atoms with van der Waals surface area (Å²) in [7, 11) is 7.63. The van der Waals surface area contributed by atoms with Gasteiger partial charge in [0.1, 0.15) is 35.6 Å². The van der Waals surface area contributed by atoms with Gasteiger partial charge in [-0.15, -0.1) is 0 Å². The van der Waals surface area contributed by atoms with Gasteiger partial charge in [-0.25, -0.2) is 9.97 Å². The maximum absolute atomic E-state index is 14.4. The van der Waals surface area contributed by atoms with Crippen LogP contribution in [-0.4, -0.2) is 198 Å². The van der Waals surface area contributed by atoms with Crippen LogP contribution in [0.15, 0.2) is 60.9 Å². The fourth-order valence-corrected chi connectivity index (χ4v) is 11.3. The summed E-state index contributed by atoms with van der Waals surface area (Å²) < 4.78 is 0. The Balaban J connectivity index is 0.00000562. The molecule has 6 rings (SSSR count). The van der Waals surface area contributed by atoms with Crippen LogP contribution >= 0.6 is 45.1 Å². The second-order valence-electron chi connectivity index (χ2n) is 16.1. The van der Waals surface area contributed by atoms with Crippen molar-refractivity contribution < 1.29 is 50.8 Å². The summed E-state index contributed by atoms with van der Waals surface area (Å²) >= 11 is 1.29. The van der Waals surface area contributed by atoms with Gasteiger partial charge in [0, 0.05) is 54.1 Å². The third-order valence-corrected chi connectivity index (χ3v) is 16.2. The zero-order valence-corrected chi connectivity index (χ0v) is 42.0. The Labute approximate surface area is 421 Å². The van der Waals surface area contributed by atoms with Crippen molar-refractivity contribution in [2.24, 2.45) is 0 Å². The number of amides is 8. The van der Waals surface area contributed by atoms with E-state index in [2.05, 4.69) is 41.2 Å². The van der Waals surface area contributed by atoms with Crippen molar-refractivity contribution in [2.75, 3.05) is 64.3 Å². The van der Waals surface area contributed by atoms with Crippen LogP contribution in [-0.2, 0) is 38.4 Å². The molecule has 4 aromatic rings. The lowest BCUT2D eigenvalue weighted by atomic mass is 10.2. The Bertz CT molecular complexity index is 2550. The summed E-state index contributed by atoms with van der Waals surface area (Å²) in [6.07, 6.45) is 2.46. The predicted molar refractivity (Wildman–Crippen MR) is 269 cm³/mol. The minimum Gasteiger partial charge on any atom is -0.345 e. The van der Waals surface area contributed by atoms with Crippen LogP contribution in [0.4, 0.5) is 0 Å². The number of rotatable bonds is 4. The molecule has 26 heteroatoms. The average Bonchev–Trinajstić information content (AvgIpc) is 3.37. The molecule has 22 nitrogen and oxygen atoms in total. The molecule has 0 radical (unpaired) electrons. The molecular formula is C44H54N12O10S4. The maximum atomic E-state index is 14.4. The number of likely N-dealkylation sites (N-methyl/N-ethyl adjacent to an activating group) is 4. The highest BCUT2D eigenvalue weighted by molar-refractivity contribution is 8.76. The molecule has 2 aliphatic heterocycles. The van der Waals surface area contributed by atoms with Gasteiger partial charge in [-0.3, -0.25) is 57.9 Å². The van der Waals surface area contributed by atoms with Gasteiger partial charge in [0.05, 0.1) is 59.6 Å². The van der Waals surface area contributed by atoms with E-state index in [-0.39, 0.29) is 37.3 Å². The van der Waals surface area contributed by atoms with Crippen LogP contribution in [0.3, 0.4) is 0 Å². The van der Waals surface area contributed by atoms with E-state index >= 15 is 0 Å². The lowest BCUT2D eigenvalue weighted by molar-refractivity contribution is -0.145. The van der Waals surface area contributed by atoms with E-state index < -0.39 is 107 Å². The zero-order chi connectivity index (χ0) is 50.8. The molecule has 0 saturated carbocycles. The highest BCUT2D eigenvalue weighted by Gasteiger charge is 2.38. The Kier molecular flexibility index (Phi) is 18.1. The van der Waals surface area contributed by atoms with Gasteiger partial charge in [-0.1, -0.05) is 69.4 Å². The van der Waals surface area contributed by atoms with Gasteiger partial charge in [-0.2, -0.15) is 0 Å². The fraction of sp³-hybridized carbons (Fsp3) is 0.409. The molecule has 0 unspecified atom stereocenters. The standard InChI is InChI=1S/C44H50N12O10S4.2H2/c1-23-43(65)67-19-31(51-39(61)29-15-45-25-11-7-9-13-27(25)49-29)37(59)47-18-36(58)56(6)34-22-70-69-21-33(41(63)53(23)3)55(5)35(57)17-48-38(60)32(20-68-44(66)24(2)54(4)42(34)64)52-40(62)30-16-46-26-12-8-10-14-28(26)50-30;;/h7-16,23-24,31-34H,17-22H2,1-6H3,(H,47,59)(H,48,60)(H,51,61)(H,52,62);2*1H/t23-,24-,31+,32+,33-,34-;;/m0../s1/i;2*1+1. The predicted octanol–water partition coefficient (Wildman–Crippen LogP) is 0.470. The number of aromatic nitrogens is 4. The molecule has 2 saturated heterocycles. The third-order valence-electron chi connectivity index (χ3n) is 11.6. The molecule has 2 fully saturated rings. The Morgan fingerprint density at radius 1 is 0.557 bits per heavy atom. The van der Waals surface area contributed by atoms with Gasteiger partial charge >= 0.3 is 0 Å². The highest BCUT2D eigenvalue weighted by atomic mass is 33.1. The molecule has 0 aliphatic carbocycles. The number of thioether (sulfide) groups is 2. The lowest BCUT2D eigenvalue weighted by Gasteiger charge is -2.34. The molecule has 2 aliphatic rings. The van der Waals surface area contributed by atoms with E-state index in [0.717, 1.165) is 41.2 Å². The topological polar surface area (TPSA) is 283 Å². The smallest absolute Gasteiger partial charge is 0.272 e.